The number of hydrogen-bond donors (Lipinski definition) is 1. The first kappa shape index (κ1) is 18.2. The molecule has 5 rings (SSSR count). The lowest BCUT2D eigenvalue weighted by Gasteiger charge is -2.28. The Morgan fingerprint density at radius 2 is 1.76 bits per heavy atom. The van der Waals surface area contributed by atoms with Crippen molar-refractivity contribution >= 4 is 26.4 Å². The zero-order valence-electron chi connectivity index (χ0n) is 16.2. The molecular formula is C19H21N6O3S+. The average molecular weight is 413 g/mol. The van der Waals surface area contributed by atoms with E-state index in [9.17, 15) is 8.42 Å². The molecule has 0 radical (unpaired) electrons. The van der Waals surface area contributed by atoms with Gasteiger partial charge in [-0.3, -0.25) is 0 Å². The molecule has 0 saturated carbocycles. The minimum Gasteiger partial charge on any atom is -0.440 e. The van der Waals surface area contributed by atoms with Crippen LogP contribution in [0.4, 0.5) is 0 Å². The molecule has 1 saturated heterocycles. The lowest BCUT2D eigenvalue weighted by molar-refractivity contribution is -0.883. The maximum atomic E-state index is 12.9. The standard InChI is InChI=1S/C19H20N6O3S/c1-13-14-5-3-4-6-15(14)18-20-21-19(25(18)22-13)16-7-8-17(28-16)29(26,27)24-11-9-23(2)10-12-24/h3-8H,9-12H2,1-2H3/p+1. The van der Waals surface area contributed by atoms with Crippen LogP contribution >= 0.6 is 0 Å². The summed E-state index contributed by atoms with van der Waals surface area (Å²) in [4.78, 5) is 1.32. The van der Waals surface area contributed by atoms with Gasteiger partial charge in [-0.1, -0.05) is 24.3 Å². The summed E-state index contributed by atoms with van der Waals surface area (Å²) in [6.07, 6.45) is 0. The number of nitrogens with one attached hydrogen (secondary N) is 1. The normalized spacial score (nSPS) is 16.8. The van der Waals surface area contributed by atoms with Crippen LogP contribution in [0, 0.1) is 6.92 Å². The molecule has 1 N–H and O–H groups in total. The van der Waals surface area contributed by atoms with Gasteiger partial charge in [0.25, 0.3) is 10.0 Å². The van der Waals surface area contributed by atoms with E-state index in [-0.39, 0.29) is 5.09 Å². The van der Waals surface area contributed by atoms with E-state index in [1.807, 2.05) is 31.2 Å². The van der Waals surface area contributed by atoms with Crippen molar-refractivity contribution in [2.45, 2.75) is 12.0 Å². The predicted octanol–water partition coefficient (Wildman–Crippen LogP) is 0.365. The third-order valence-electron chi connectivity index (χ3n) is 5.42. The SMILES string of the molecule is Cc1nn2c(-c3ccc(S(=O)(=O)N4CC[NH+](C)CC4)o3)nnc2c2ccccc12. The third-order valence-corrected chi connectivity index (χ3v) is 7.19. The number of aromatic nitrogens is 4. The topological polar surface area (TPSA) is 98.0 Å². The van der Waals surface area contributed by atoms with Crippen LogP contribution in [-0.2, 0) is 10.0 Å². The van der Waals surface area contributed by atoms with Crippen molar-refractivity contribution in [1.29, 1.82) is 0 Å². The van der Waals surface area contributed by atoms with Gasteiger partial charge < -0.3 is 9.32 Å². The monoisotopic (exact) mass is 413 g/mol. The van der Waals surface area contributed by atoms with E-state index in [1.165, 1.54) is 15.3 Å². The first-order chi connectivity index (χ1) is 13.9. The molecule has 0 bridgehead atoms. The lowest BCUT2D eigenvalue weighted by atomic mass is 10.1. The van der Waals surface area contributed by atoms with Gasteiger partial charge in [-0.15, -0.1) is 10.2 Å². The first-order valence-electron chi connectivity index (χ1n) is 9.47. The summed E-state index contributed by atoms with van der Waals surface area (Å²) in [5, 5.41) is 14.9. The molecule has 9 nitrogen and oxygen atoms in total. The number of likely N-dealkylation sites (N-methyl/N-ethyl adjacent to an activating group) is 1. The highest BCUT2D eigenvalue weighted by molar-refractivity contribution is 7.89. The van der Waals surface area contributed by atoms with Crippen molar-refractivity contribution in [3.63, 3.8) is 0 Å². The van der Waals surface area contributed by atoms with Crippen LogP contribution < -0.4 is 4.90 Å². The Bertz CT molecular complexity index is 1320. The Labute approximate surface area is 167 Å². The Morgan fingerprint density at radius 1 is 1.03 bits per heavy atom. The number of benzene rings is 1. The molecule has 4 heterocycles. The summed E-state index contributed by atoms with van der Waals surface area (Å²) in [5.74, 6) is 0.691. The Balaban J connectivity index is 1.56. The fourth-order valence-electron chi connectivity index (χ4n) is 3.71. The summed E-state index contributed by atoms with van der Waals surface area (Å²) in [7, 11) is -1.62. The molecule has 0 atom stereocenters. The van der Waals surface area contributed by atoms with Crippen LogP contribution in [0.3, 0.4) is 0 Å². The molecule has 0 unspecified atom stereocenters. The summed E-state index contributed by atoms with van der Waals surface area (Å²) >= 11 is 0. The number of furan rings is 1. The smallest absolute Gasteiger partial charge is 0.276 e. The van der Waals surface area contributed by atoms with Gasteiger partial charge in [0.2, 0.25) is 10.9 Å². The number of sulfonamides is 1. The van der Waals surface area contributed by atoms with Gasteiger partial charge in [-0.2, -0.15) is 13.9 Å². The molecule has 1 aliphatic rings. The van der Waals surface area contributed by atoms with Crippen LogP contribution in [-0.4, -0.2) is 65.8 Å². The van der Waals surface area contributed by atoms with Gasteiger partial charge in [0.1, 0.15) is 0 Å². The highest BCUT2D eigenvalue weighted by Crippen LogP contribution is 2.28. The van der Waals surface area contributed by atoms with E-state index in [0.717, 1.165) is 29.6 Å². The second kappa shape index (κ2) is 6.61. The van der Waals surface area contributed by atoms with Gasteiger partial charge in [0, 0.05) is 10.8 Å². The number of fused-ring (bicyclic) bond motifs is 3. The van der Waals surface area contributed by atoms with Crippen LogP contribution in [0.2, 0.25) is 0 Å². The van der Waals surface area contributed by atoms with Crippen molar-refractivity contribution in [2.75, 3.05) is 33.2 Å². The van der Waals surface area contributed by atoms with E-state index in [4.69, 9.17) is 4.42 Å². The molecule has 1 fully saturated rings. The highest BCUT2D eigenvalue weighted by atomic mass is 32.2. The van der Waals surface area contributed by atoms with Crippen molar-refractivity contribution < 1.29 is 17.7 Å². The summed E-state index contributed by atoms with van der Waals surface area (Å²) in [6.45, 7) is 4.42. The van der Waals surface area contributed by atoms with Gasteiger partial charge in [-0.25, -0.2) is 8.42 Å². The summed E-state index contributed by atoms with van der Waals surface area (Å²) in [5.41, 5.74) is 1.43. The number of quaternary nitrogens is 1. The molecule has 0 amide bonds. The number of hydrogen-bond acceptors (Lipinski definition) is 6. The molecular weight excluding hydrogens is 392 g/mol. The van der Waals surface area contributed by atoms with Gasteiger partial charge >= 0.3 is 0 Å². The molecule has 29 heavy (non-hydrogen) atoms. The third kappa shape index (κ3) is 2.91. The second-order valence-corrected chi connectivity index (χ2v) is 9.24. The Morgan fingerprint density at radius 3 is 2.52 bits per heavy atom. The molecule has 0 spiro atoms. The Hall–Kier alpha value is -2.82. The average Bonchev–Trinajstić information content (AvgIpc) is 3.36. The minimum atomic E-state index is -3.68. The molecule has 1 aromatic carbocycles. The second-order valence-electron chi connectivity index (χ2n) is 7.37. The zero-order chi connectivity index (χ0) is 20.2. The van der Waals surface area contributed by atoms with Gasteiger partial charge in [-0.05, 0) is 19.1 Å². The summed E-state index contributed by atoms with van der Waals surface area (Å²) in [6, 6.07) is 10.9. The maximum absolute atomic E-state index is 12.9. The summed E-state index contributed by atoms with van der Waals surface area (Å²) < 4.78 is 34.7. The van der Waals surface area contributed by atoms with Crippen LogP contribution in [0.5, 0.6) is 0 Å². The minimum absolute atomic E-state index is 0.0821. The maximum Gasteiger partial charge on any atom is 0.276 e. The molecule has 10 heteroatoms. The van der Waals surface area contributed by atoms with E-state index in [0.29, 0.717) is 30.3 Å². The first-order valence-corrected chi connectivity index (χ1v) is 10.9. The van der Waals surface area contributed by atoms with Crippen LogP contribution in [0.1, 0.15) is 5.69 Å². The molecule has 4 aromatic rings. The van der Waals surface area contributed by atoms with Crippen molar-refractivity contribution in [1.82, 2.24) is 24.1 Å². The highest BCUT2D eigenvalue weighted by Gasteiger charge is 2.32. The fourth-order valence-corrected chi connectivity index (χ4v) is 5.06. The van der Waals surface area contributed by atoms with Crippen molar-refractivity contribution in [3.05, 3.63) is 42.1 Å². The van der Waals surface area contributed by atoms with E-state index >= 15 is 0 Å². The number of piperazine rings is 1. The number of rotatable bonds is 3. The number of aryl methyl sites for hydroxylation is 1. The lowest BCUT2D eigenvalue weighted by Crippen LogP contribution is -3.12. The number of nitrogens with zero attached hydrogens (tertiary/aromatic N) is 5. The molecule has 3 aromatic heterocycles. The van der Waals surface area contributed by atoms with Crippen LogP contribution in [0.15, 0.2) is 45.9 Å². The van der Waals surface area contributed by atoms with E-state index in [1.54, 1.807) is 10.6 Å². The largest absolute Gasteiger partial charge is 0.440 e. The zero-order valence-corrected chi connectivity index (χ0v) is 17.0. The Kier molecular flexibility index (Phi) is 4.16. The van der Waals surface area contributed by atoms with Gasteiger partial charge in [0.05, 0.1) is 38.9 Å². The molecule has 0 aliphatic carbocycles. The van der Waals surface area contributed by atoms with E-state index < -0.39 is 10.0 Å². The van der Waals surface area contributed by atoms with Crippen molar-refractivity contribution in [3.8, 4) is 11.6 Å². The van der Waals surface area contributed by atoms with Crippen LogP contribution in [0.25, 0.3) is 28.0 Å². The van der Waals surface area contributed by atoms with Crippen molar-refractivity contribution in [2.24, 2.45) is 0 Å². The molecule has 150 valence electrons. The fraction of sp³-hybridized carbons (Fsp3) is 0.316. The van der Waals surface area contributed by atoms with E-state index in [2.05, 4.69) is 22.3 Å². The quantitative estimate of drug-likeness (QED) is 0.521. The molecule has 1 aliphatic heterocycles. The predicted molar refractivity (Wildman–Crippen MR) is 106 cm³/mol. The van der Waals surface area contributed by atoms with Gasteiger partial charge in [0.15, 0.2) is 11.4 Å².